The number of allylic oxidation sites excluding steroid dienone is 3. The van der Waals surface area contributed by atoms with Gasteiger partial charge in [-0.05, 0) is 139 Å². The van der Waals surface area contributed by atoms with Gasteiger partial charge >= 0.3 is 5.97 Å². The van der Waals surface area contributed by atoms with Gasteiger partial charge in [-0.15, -0.1) is 0 Å². The average Bonchev–Trinajstić information content (AvgIpc) is 3.40. The molecule has 0 saturated heterocycles. The molecule has 1 unspecified atom stereocenters. The average molecular weight is 629 g/mol. The number of nitrogens with one attached hydrogen (secondary N) is 1. The van der Waals surface area contributed by atoms with Crippen LogP contribution in [0.1, 0.15) is 115 Å². The zero-order chi connectivity index (χ0) is 33.4. The van der Waals surface area contributed by atoms with Crippen LogP contribution in [0, 0.1) is 51.2 Å². The van der Waals surface area contributed by atoms with Gasteiger partial charge in [-0.1, -0.05) is 65.0 Å². The summed E-state index contributed by atoms with van der Waals surface area (Å²) in [5, 5.41) is 3.93. The normalized spacial score (nSPS) is 40.8. The molecular weight excluding hydrogens is 568 g/mol. The Balaban J connectivity index is 1.32. The number of amides is 1. The number of hydrogen-bond acceptors (Lipinski definition) is 4. The van der Waals surface area contributed by atoms with Crippen LogP contribution in [0.15, 0.2) is 42.5 Å². The number of benzene rings is 1. The summed E-state index contributed by atoms with van der Waals surface area (Å²) in [4.78, 5) is 26.6. The fraction of sp³-hybridized carbons (Fsp3) is 0.707. The van der Waals surface area contributed by atoms with Crippen LogP contribution in [0.25, 0.3) is 5.57 Å². The Bertz CT molecular complexity index is 1430. The Hall–Kier alpha value is -2.40. The lowest BCUT2D eigenvalue weighted by Gasteiger charge is -2.72. The summed E-state index contributed by atoms with van der Waals surface area (Å²) in [6.45, 7) is 20.2. The molecule has 1 aromatic rings. The van der Waals surface area contributed by atoms with Crippen LogP contribution < -0.4 is 5.32 Å². The van der Waals surface area contributed by atoms with Gasteiger partial charge in [0.15, 0.2) is 0 Å². The number of carbonyl (C=O) groups is 2. The standard InChI is InChI=1S/C41H60N2O3/c1-26(2)29-17-22-41(42-25-34(44)43(8)9)24-23-39(6)31(35(29)41)15-16-33-38(5)20-18-30(27-11-13-28(14-12-27)36(45)46-10)37(3,4)32(38)19-21-40(33,39)7/h11-14,18,29,31-33,35,42H,1,15-17,19-25H2,2-10H3/t29-,31+,32-,33+,35+,38-,39+,40+,41?/m0/s1. The Morgan fingerprint density at radius 3 is 2.24 bits per heavy atom. The second-order valence-electron chi connectivity index (χ2n) is 17.6. The van der Waals surface area contributed by atoms with E-state index >= 15 is 0 Å². The number of likely N-dealkylation sites (N-methyl/N-ethyl adjacent to an activating group) is 1. The van der Waals surface area contributed by atoms with E-state index in [1.165, 1.54) is 62.3 Å². The van der Waals surface area contributed by atoms with Gasteiger partial charge in [0.25, 0.3) is 0 Å². The maximum absolute atomic E-state index is 12.8. The molecule has 1 amide bonds. The summed E-state index contributed by atoms with van der Waals surface area (Å²) in [7, 11) is 5.18. The van der Waals surface area contributed by atoms with E-state index in [0.717, 1.165) is 19.3 Å². The van der Waals surface area contributed by atoms with E-state index in [2.05, 4.69) is 71.6 Å². The molecule has 1 aromatic carbocycles. The zero-order valence-corrected chi connectivity index (χ0v) is 30.2. The van der Waals surface area contributed by atoms with E-state index < -0.39 is 0 Å². The summed E-state index contributed by atoms with van der Waals surface area (Å²) in [6, 6.07) is 8.08. The molecule has 5 aliphatic carbocycles. The van der Waals surface area contributed by atoms with Crippen LogP contribution in [0.3, 0.4) is 0 Å². The second-order valence-corrected chi connectivity index (χ2v) is 17.6. The van der Waals surface area contributed by atoms with Crippen molar-refractivity contribution < 1.29 is 14.3 Å². The molecular formula is C41H60N2O3. The molecule has 0 radical (unpaired) electrons. The smallest absolute Gasteiger partial charge is 0.337 e. The van der Waals surface area contributed by atoms with Crippen molar-refractivity contribution in [3.8, 4) is 0 Å². The minimum atomic E-state index is -0.281. The summed E-state index contributed by atoms with van der Waals surface area (Å²) < 4.78 is 4.95. The molecule has 0 aromatic heterocycles. The Morgan fingerprint density at radius 1 is 0.913 bits per heavy atom. The molecule has 0 spiro atoms. The molecule has 252 valence electrons. The van der Waals surface area contributed by atoms with Crippen LogP contribution in [0.2, 0.25) is 0 Å². The van der Waals surface area contributed by atoms with Crippen molar-refractivity contribution in [2.75, 3.05) is 27.7 Å². The molecule has 5 nitrogen and oxygen atoms in total. The van der Waals surface area contributed by atoms with Gasteiger partial charge in [0.1, 0.15) is 0 Å². The van der Waals surface area contributed by atoms with E-state index in [4.69, 9.17) is 4.74 Å². The number of rotatable bonds is 6. The summed E-state index contributed by atoms with van der Waals surface area (Å²) in [5.74, 6) is 2.90. The van der Waals surface area contributed by atoms with Crippen molar-refractivity contribution in [2.45, 2.75) is 105 Å². The molecule has 6 rings (SSSR count). The summed E-state index contributed by atoms with van der Waals surface area (Å²) >= 11 is 0. The molecule has 0 bridgehead atoms. The number of nitrogens with zero attached hydrogens (tertiary/aromatic N) is 1. The van der Waals surface area contributed by atoms with Gasteiger partial charge in [0, 0.05) is 19.6 Å². The van der Waals surface area contributed by atoms with E-state index in [9.17, 15) is 9.59 Å². The first-order valence-corrected chi connectivity index (χ1v) is 18.1. The fourth-order valence-electron chi connectivity index (χ4n) is 12.9. The monoisotopic (exact) mass is 628 g/mol. The third-order valence-electron chi connectivity index (χ3n) is 15.4. The number of hydrogen-bond donors (Lipinski definition) is 1. The van der Waals surface area contributed by atoms with Gasteiger partial charge in [0.2, 0.25) is 5.91 Å². The lowest BCUT2D eigenvalue weighted by Crippen LogP contribution is -2.68. The van der Waals surface area contributed by atoms with E-state index in [-0.39, 0.29) is 39.1 Å². The predicted molar refractivity (Wildman–Crippen MR) is 187 cm³/mol. The van der Waals surface area contributed by atoms with E-state index in [1.54, 1.807) is 4.90 Å². The SMILES string of the molecule is C=C(C)[C@@H]1CCC2(NCC(=O)N(C)C)CC[C@]3(C)[C@H](CC[C@@H]4[C@@]5(C)CC=C(c6ccc(C(=O)OC)cc6)C(C)(C)[C@@H]5CC[C@]43C)[C@@H]12. The maximum atomic E-state index is 12.8. The highest BCUT2D eigenvalue weighted by atomic mass is 16.5. The highest BCUT2D eigenvalue weighted by Crippen LogP contribution is 2.76. The van der Waals surface area contributed by atoms with Gasteiger partial charge in [-0.25, -0.2) is 4.79 Å². The predicted octanol–water partition coefficient (Wildman–Crippen LogP) is 8.55. The van der Waals surface area contributed by atoms with E-state index in [0.29, 0.717) is 41.7 Å². The zero-order valence-electron chi connectivity index (χ0n) is 30.2. The molecule has 0 aliphatic heterocycles. The number of carbonyl (C=O) groups excluding carboxylic acids is 2. The molecule has 5 aliphatic rings. The molecule has 5 heteroatoms. The Labute approximate surface area is 279 Å². The van der Waals surface area contributed by atoms with Crippen molar-refractivity contribution in [2.24, 2.45) is 51.2 Å². The van der Waals surface area contributed by atoms with Gasteiger partial charge < -0.3 is 15.0 Å². The van der Waals surface area contributed by atoms with Crippen LogP contribution in [-0.2, 0) is 9.53 Å². The van der Waals surface area contributed by atoms with Crippen molar-refractivity contribution in [3.05, 3.63) is 53.6 Å². The molecule has 4 saturated carbocycles. The van der Waals surface area contributed by atoms with Crippen LogP contribution in [0.4, 0.5) is 0 Å². The summed E-state index contributed by atoms with van der Waals surface area (Å²) in [6.07, 6.45) is 13.6. The number of fused-ring (bicyclic) bond motifs is 7. The molecule has 4 fully saturated rings. The molecule has 1 N–H and O–H groups in total. The van der Waals surface area contributed by atoms with Crippen LogP contribution >= 0.6 is 0 Å². The summed E-state index contributed by atoms with van der Waals surface area (Å²) in [5.41, 5.74) is 5.48. The first kappa shape index (κ1) is 33.5. The molecule has 0 heterocycles. The fourth-order valence-corrected chi connectivity index (χ4v) is 12.9. The number of ether oxygens (including phenoxy) is 1. The molecule has 9 atom stereocenters. The van der Waals surface area contributed by atoms with E-state index in [1.807, 2.05) is 26.2 Å². The number of methoxy groups -OCH3 is 1. The molecule has 46 heavy (non-hydrogen) atoms. The minimum absolute atomic E-state index is 0.0393. The van der Waals surface area contributed by atoms with Gasteiger partial charge in [-0.3, -0.25) is 4.79 Å². The quantitative estimate of drug-likeness (QED) is 0.253. The van der Waals surface area contributed by atoms with Crippen molar-refractivity contribution in [1.82, 2.24) is 10.2 Å². The van der Waals surface area contributed by atoms with Crippen LogP contribution in [-0.4, -0.2) is 50.1 Å². The first-order chi connectivity index (χ1) is 21.6. The van der Waals surface area contributed by atoms with Gasteiger partial charge in [0.05, 0.1) is 19.2 Å². The minimum Gasteiger partial charge on any atom is -0.465 e. The van der Waals surface area contributed by atoms with Crippen LogP contribution in [0.5, 0.6) is 0 Å². The highest BCUT2D eigenvalue weighted by molar-refractivity contribution is 5.90. The Kier molecular flexibility index (Phi) is 8.26. The first-order valence-electron chi connectivity index (χ1n) is 18.1. The second kappa shape index (κ2) is 11.3. The Morgan fingerprint density at radius 2 is 1.61 bits per heavy atom. The third-order valence-corrected chi connectivity index (χ3v) is 15.4. The lowest BCUT2D eigenvalue weighted by molar-refractivity contribution is -0.219. The maximum Gasteiger partial charge on any atom is 0.337 e. The highest BCUT2D eigenvalue weighted by Gasteiger charge is 2.70. The number of esters is 1. The lowest BCUT2D eigenvalue weighted by atomic mass is 9.33. The van der Waals surface area contributed by atoms with Crippen molar-refractivity contribution >= 4 is 17.4 Å². The largest absolute Gasteiger partial charge is 0.465 e. The van der Waals surface area contributed by atoms with Gasteiger partial charge in [-0.2, -0.15) is 0 Å². The van der Waals surface area contributed by atoms with Crippen molar-refractivity contribution in [1.29, 1.82) is 0 Å². The third kappa shape index (κ3) is 4.71. The van der Waals surface area contributed by atoms with Crippen molar-refractivity contribution in [3.63, 3.8) is 0 Å². The topological polar surface area (TPSA) is 58.6 Å².